The number of aryl methyl sites for hydroxylation is 2. The summed E-state index contributed by atoms with van der Waals surface area (Å²) in [5.74, 6) is 0. The molecule has 46 heavy (non-hydrogen) atoms. The fourth-order valence-electron chi connectivity index (χ4n) is 4.12. The fourth-order valence-corrected chi connectivity index (χ4v) is 6.75. The van der Waals surface area contributed by atoms with Crippen molar-refractivity contribution < 1.29 is 18.4 Å². The van der Waals surface area contributed by atoms with Crippen LogP contribution in [0.4, 0.5) is 11.4 Å². The van der Waals surface area contributed by atoms with Crippen molar-refractivity contribution in [2.75, 3.05) is 38.1 Å². The van der Waals surface area contributed by atoms with Crippen LogP contribution in [0.5, 0.6) is 0 Å². The van der Waals surface area contributed by atoms with E-state index in [1.165, 1.54) is 9.59 Å². The number of hydrogen-bond acceptors (Lipinski definition) is 10. The second-order valence-corrected chi connectivity index (χ2v) is 19.4. The zero-order valence-corrected chi connectivity index (χ0v) is 30.3. The quantitative estimate of drug-likeness (QED) is 0.166. The molecule has 0 spiro atoms. The Balaban J connectivity index is 0.000000370. The van der Waals surface area contributed by atoms with Crippen molar-refractivity contribution in [3.8, 4) is 11.3 Å². The molecule has 16 heteroatoms. The smallest absolute Gasteiger partial charge is 0.399 e. The summed E-state index contributed by atoms with van der Waals surface area (Å²) < 4.78 is 37.2. The lowest BCUT2D eigenvalue weighted by Gasteiger charge is -2.32. The van der Waals surface area contributed by atoms with E-state index in [-0.39, 0.29) is 26.1 Å². The molecule has 0 amide bonds. The minimum atomic E-state index is -2.42. The highest BCUT2D eigenvalue weighted by Gasteiger charge is 2.51. The van der Waals surface area contributed by atoms with Crippen LogP contribution in [0.2, 0.25) is 0 Å². The van der Waals surface area contributed by atoms with Gasteiger partial charge in [-0.1, -0.05) is 27.0 Å². The van der Waals surface area contributed by atoms with Crippen molar-refractivity contribution in [1.82, 2.24) is 30.0 Å². The zero-order valence-electron chi connectivity index (χ0n) is 26.9. The predicted molar refractivity (Wildman–Crippen MR) is 198 cm³/mol. The largest absolute Gasteiger partial charge is 0.494 e. The molecule has 0 aliphatic carbocycles. The molecular weight excluding hydrogens is 689 g/mol. The van der Waals surface area contributed by atoms with E-state index >= 15 is 0 Å². The third kappa shape index (κ3) is 10.4. The van der Waals surface area contributed by atoms with Gasteiger partial charge in [-0.2, -0.15) is 24.9 Å². The number of nitrogen functional groups attached to an aromatic ring is 2. The van der Waals surface area contributed by atoms with Gasteiger partial charge in [0, 0.05) is 41.6 Å². The van der Waals surface area contributed by atoms with Crippen LogP contribution in [0.1, 0.15) is 42.5 Å². The van der Waals surface area contributed by atoms with Crippen LogP contribution in [-0.2, 0) is 32.5 Å². The Morgan fingerprint density at radius 1 is 0.761 bits per heavy atom. The molecule has 0 unspecified atom stereocenters. The summed E-state index contributed by atoms with van der Waals surface area (Å²) >= 11 is 3.14. The van der Waals surface area contributed by atoms with Crippen LogP contribution < -0.4 is 27.5 Å². The van der Waals surface area contributed by atoms with Crippen LogP contribution in [-0.4, -0.2) is 75.0 Å². The van der Waals surface area contributed by atoms with Gasteiger partial charge in [0.15, 0.2) is 0 Å². The average Bonchev–Trinajstić information content (AvgIpc) is 3.55. The van der Waals surface area contributed by atoms with E-state index in [0.717, 1.165) is 21.3 Å². The third-order valence-electron chi connectivity index (χ3n) is 7.24. The van der Waals surface area contributed by atoms with Gasteiger partial charge in [-0.05, 0) is 100 Å². The first kappa shape index (κ1) is 41.3. The Morgan fingerprint density at radius 2 is 1.22 bits per heavy atom. The molecule has 254 valence electrons. The Morgan fingerprint density at radius 3 is 1.61 bits per heavy atom. The third-order valence-corrected chi connectivity index (χ3v) is 10.7. The van der Waals surface area contributed by atoms with Crippen LogP contribution in [0.3, 0.4) is 0 Å². The second-order valence-electron chi connectivity index (χ2n) is 12.3. The molecule has 2 aromatic carbocycles. The molecule has 1 saturated heterocycles. The van der Waals surface area contributed by atoms with E-state index in [9.17, 15) is 9.13 Å². The summed E-state index contributed by atoms with van der Waals surface area (Å²) in [6.45, 7) is 14.9. The summed E-state index contributed by atoms with van der Waals surface area (Å²) in [4.78, 5) is 2.98. The Labute approximate surface area is 283 Å². The highest BCUT2D eigenvalue weighted by Crippen LogP contribution is 2.39. The van der Waals surface area contributed by atoms with Gasteiger partial charge in [-0.25, -0.2) is 0 Å². The maximum absolute atomic E-state index is 12.3. The van der Waals surface area contributed by atoms with E-state index in [1.807, 2.05) is 52.0 Å². The SMILES string of the molecule is C.C.CC1(C)OB(c2ccc(N)c(P(C)(C)=O)c2)OC1(C)C.Cn1ncc(-c2ccc(N)c(P(C)(C)=O)c2)n1.Cn1ncc(Br)n1. The highest BCUT2D eigenvalue weighted by molar-refractivity contribution is 9.10. The van der Waals surface area contributed by atoms with Gasteiger partial charge in [-0.15, -0.1) is 5.10 Å². The molecule has 0 atom stereocenters. The zero-order chi connectivity index (χ0) is 33.3. The molecular formula is C30H50BBrN8O4P2. The Kier molecular flexibility index (Phi) is 13.8. The molecule has 5 rings (SSSR count). The van der Waals surface area contributed by atoms with Gasteiger partial charge in [0.25, 0.3) is 0 Å². The van der Waals surface area contributed by atoms with E-state index in [1.54, 1.807) is 65.3 Å². The van der Waals surface area contributed by atoms with Crippen molar-refractivity contribution in [2.45, 2.75) is 53.8 Å². The first-order valence-electron chi connectivity index (χ1n) is 13.7. The summed E-state index contributed by atoms with van der Waals surface area (Å²) in [5, 5.41) is 17.2. The van der Waals surface area contributed by atoms with Crippen molar-refractivity contribution >= 4 is 64.8 Å². The van der Waals surface area contributed by atoms with Crippen molar-refractivity contribution in [3.63, 3.8) is 0 Å². The number of anilines is 2. The van der Waals surface area contributed by atoms with E-state index < -0.39 is 21.4 Å². The number of nitrogens with two attached hydrogens (primary N) is 2. The summed E-state index contributed by atoms with van der Waals surface area (Å²) in [6.07, 6.45) is 3.31. The molecule has 1 aliphatic rings. The fraction of sp³-hybridized carbons (Fsp3) is 0.467. The van der Waals surface area contributed by atoms with Gasteiger partial charge in [0.05, 0.1) is 23.6 Å². The summed E-state index contributed by atoms with van der Waals surface area (Å²) in [5.41, 5.74) is 14.6. The van der Waals surface area contributed by atoms with Crippen molar-refractivity contribution in [3.05, 3.63) is 53.4 Å². The molecule has 12 nitrogen and oxygen atoms in total. The Hall–Kier alpha value is -2.76. The molecule has 2 aromatic heterocycles. The van der Waals surface area contributed by atoms with Gasteiger partial charge >= 0.3 is 7.12 Å². The topological polar surface area (TPSA) is 166 Å². The highest BCUT2D eigenvalue weighted by atomic mass is 79.9. The molecule has 4 aromatic rings. The molecule has 0 bridgehead atoms. The number of benzene rings is 2. The minimum Gasteiger partial charge on any atom is -0.399 e. The number of nitrogens with zero attached hydrogens (tertiary/aromatic N) is 6. The van der Waals surface area contributed by atoms with Crippen molar-refractivity contribution in [2.24, 2.45) is 14.1 Å². The van der Waals surface area contributed by atoms with E-state index in [4.69, 9.17) is 20.8 Å². The summed E-state index contributed by atoms with van der Waals surface area (Å²) in [7, 11) is -1.73. The van der Waals surface area contributed by atoms with E-state index in [0.29, 0.717) is 22.0 Å². The van der Waals surface area contributed by atoms with Crippen LogP contribution in [0.15, 0.2) is 53.4 Å². The molecule has 0 radical (unpaired) electrons. The summed E-state index contributed by atoms with van der Waals surface area (Å²) in [6, 6.07) is 10.9. The van der Waals surface area contributed by atoms with Crippen LogP contribution in [0, 0.1) is 0 Å². The lowest BCUT2D eigenvalue weighted by atomic mass is 9.79. The number of aromatic nitrogens is 6. The monoisotopic (exact) mass is 738 g/mol. The van der Waals surface area contributed by atoms with Gasteiger partial charge in [0.2, 0.25) is 0 Å². The first-order chi connectivity index (χ1) is 20.1. The molecule has 4 N–H and O–H groups in total. The number of hydrogen-bond donors (Lipinski definition) is 2. The van der Waals surface area contributed by atoms with Crippen LogP contribution >= 0.6 is 30.2 Å². The van der Waals surface area contributed by atoms with Gasteiger partial charge in [-0.3, -0.25) is 0 Å². The maximum atomic E-state index is 12.3. The molecule has 1 fully saturated rings. The second kappa shape index (κ2) is 15.4. The molecule has 3 heterocycles. The Bertz CT molecular complexity index is 1680. The lowest BCUT2D eigenvalue weighted by Crippen LogP contribution is -2.41. The molecule has 0 saturated carbocycles. The van der Waals surface area contributed by atoms with Gasteiger partial charge < -0.3 is 29.9 Å². The van der Waals surface area contributed by atoms with Crippen LogP contribution in [0.25, 0.3) is 11.3 Å². The number of rotatable bonds is 4. The normalized spacial score (nSPS) is 15.0. The molecule has 1 aliphatic heterocycles. The maximum Gasteiger partial charge on any atom is 0.494 e. The lowest BCUT2D eigenvalue weighted by molar-refractivity contribution is 0.00578. The van der Waals surface area contributed by atoms with Gasteiger partial charge in [0.1, 0.15) is 24.6 Å². The standard InChI is InChI=1S/C14H23BNO3P.C11H15N4OP.C3H4BrN3.2CH4/c1-13(2)14(3,4)19-15(18-13)10-7-8-11(16)12(9-10)20(5,6)17;1-15-13-7-10(14-15)8-4-5-9(12)11(6-8)17(2,3)16;1-7-5-2-3(4)6-7;;/h7-9H,16H2,1-6H3;4-7H,12H2,1-3H3;2H,1H3;2*1H4. The van der Waals surface area contributed by atoms with E-state index in [2.05, 4.69) is 36.3 Å². The predicted octanol–water partition coefficient (Wildman–Crippen LogP) is 4.98. The minimum absolute atomic E-state index is 0. The van der Waals surface area contributed by atoms with Crippen molar-refractivity contribution in [1.29, 1.82) is 0 Å². The average molecular weight is 739 g/mol. The number of halogens is 1. The first-order valence-corrected chi connectivity index (χ1v) is 19.7.